The number of rotatable bonds is 5. The number of carbonyl (C=O) groups is 1. The predicted molar refractivity (Wildman–Crippen MR) is 77.8 cm³/mol. The molecule has 1 aromatic carbocycles. The van der Waals surface area contributed by atoms with Crippen LogP contribution in [-0.2, 0) is 0 Å². The Morgan fingerprint density at radius 3 is 2.60 bits per heavy atom. The zero-order valence-corrected chi connectivity index (χ0v) is 12.5. The molecule has 0 bridgehead atoms. The van der Waals surface area contributed by atoms with Gasteiger partial charge in [0, 0.05) is 10.5 Å². The molecule has 0 spiro atoms. The number of thioether (sulfide) groups is 1. The lowest BCUT2D eigenvalue weighted by Crippen LogP contribution is -2.28. The van der Waals surface area contributed by atoms with Crippen molar-refractivity contribution in [2.45, 2.75) is 31.2 Å². The predicted octanol–water partition coefficient (Wildman–Crippen LogP) is 2.98. The second-order valence-corrected chi connectivity index (χ2v) is 5.22. The molecule has 0 saturated heterocycles. The van der Waals surface area contributed by atoms with E-state index in [1.807, 2.05) is 37.4 Å². The average Bonchev–Trinajstić information content (AvgIpc) is 2.91. The highest BCUT2D eigenvalue weighted by Crippen LogP contribution is 2.17. The van der Waals surface area contributed by atoms with Crippen molar-refractivity contribution < 1.29 is 9.32 Å². The summed E-state index contributed by atoms with van der Waals surface area (Å²) in [5.41, 5.74) is 0.623. The quantitative estimate of drug-likeness (QED) is 0.858. The standard InChI is InChI=1S/C14H17N3O2S/c1-4-12(14-15-9(2)17-19-14)16-13(18)10-5-7-11(20-3)8-6-10/h5-8,12H,4H2,1-3H3,(H,16,18)/t12-/m0/s1. The third-order valence-electron chi connectivity index (χ3n) is 2.91. The van der Waals surface area contributed by atoms with Crippen LogP contribution in [0.15, 0.2) is 33.7 Å². The summed E-state index contributed by atoms with van der Waals surface area (Å²) in [7, 11) is 0. The average molecular weight is 291 g/mol. The first-order chi connectivity index (χ1) is 9.63. The number of hydrogen-bond acceptors (Lipinski definition) is 5. The minimum absolute atomic E-state index is 0.139. The smallest absolute Gasteiger partial charge is 0.251 e. The Morgan fingerprint density at radius 2 is 2.10 bits per heavy atom. The number of aromatic nitrogens is 2. The number of hydrogen-bond donors (Lipinski definition) is 1. The van der Waals surface area contributed by atoms with Crippen molar-refractivity contribution in [3.8, 4) is 0 Å². The maximum absolute atomic E-state index is 12.2. The van der Waals surface area contributed by atoms with Crippen LogP contribution >= 0.6 is 11.8 Å². The van der Waals surface area contributed by atoms with Gasteiger partial charge in [-0.15, -0.1) is 11.8 Å². The van der Waals surface area contributed by atoms with Gasteiger partial charge in [0.15, 0.2) is 5.82 Å². The Balaban J connectivity index is 2.08. The second-order valence-electron chi connectivity index (χ2n) is 4.34. The lowest BCUT2D eigenvalue weighted by molar-refractivity contribution is 0.0927. The van der Waals surface area contributed by atoms with E-state index in [4.69, 9.17) is 4.52 Å². The van der Waals surface area contributed by atoms with Gasteiger partial charge in [-0.25, -0.2) is 0 Å². The molecule has 1 amide bonds. The molecule has 0 radical (unpaired) electrons. The monoisotopic (exact) mass is 291 g/mol. The van der Waals surface area contributed by atoms with Crippen LogP contribution in [0.1, 0.15) is 41.5 Å². The van der Waals surface area contributed by atoms with E-state index in [1.54, 1.807) is 18.7 Å². The van der Waals surface area contributed by atoms with Gasteiger partial charge < -0.3 is 9.84 Å². The van der Waals surface area contributed by atoms with Crippen molar-refractivity contribution in [2.24, 2.45) is 0 Å². The van der Waals surface area contributed by atoms with Crippen LogP contribution in [0.25, 0.3) is 0 Å². The highest BCUT2D eigenvalue weighted by atomic mass is 32.2. The van der Waals surface area contributed by atoms with E-state index in [0.29, 0.717) is 23.7 Å². The van der Waals surface area contributed by atoms with Crippen molar-refractivity contribution in [3.63, 3.8) is 0 Å². The summed E-state index contributed by atoms with van der Waals surface area (Å²) in [6, 6.07) is 7.22. The summed E-state index contributed by atoms with van der Waals surface area (Å²) in [6.07, 6.45) is 2.69. The number of carbonyl (C=O) groups excluding carboxylic acids is 1. The Kier molecular flexibility index (Phi) is 4.79. The Labute approximate surface area is 122 Å². The van der Waals surface area contributed by atoms with Crippen LogP contribution in [0.5, 0.6) is 0 Å². The summed E-state index contributed by atoms with van der Waals surface area (Å²) in [5.74, 6) is 0.872. The number of nitrogens with zero attached hydrogens (tertiary/aromatic N) is 2. The SMILES string of the molecule is CC[C@H](NC(=O)c1ccc(SC)cc1)c1nc(C)no1. The minimum atomic E-state index is -0.260. The maximum Gasteiger partial charge on any atom is 0.251 e. The fourth-order valence-corrected chi connectivity index (χ4v) is 2.19. The molecule has 0 aliphatic rings. The van der Waals surface area contributed by atoms with Gasteiger partial charge in [0.25, 0.3) is 5.91 Å². The Bertz CT molecular complexity index is 580. The molecule has 20 heavy (non-hydrogen) atoms. The Hall–Kier alpha value is -1.82. The lowest BCUT2D eigenvalue weighted by Gasteiger charge is -2.12. The van der Waals surface area contributed by atoms with E-state index >= 15 is 0 Å². The summed E-state index contributed by atoms with van der Waals surface area (Å²) >= 11 is 1.64. The fourth-order valence-electron chi connectivity index (χ4n) is 1.78. The maximum atomic E-state index is 12.2. The molecule has 0 fully saturated rings. The van der Waals surface area contributed by atoms with Crippen LogP contribution in [0.3, 0.4) is 0 Å². The third-order valence-corrected chi connectivity index (χ3v) is 3.65. The molecule has 2 rings (SSSR count). The molecule has 1 atom stereocenters. The van der Waals surface area contributed by atoms with Crippen LogP contribution < -0.4 is 5.32 Å². The third kappa shape index (κ3) is 3.39. The number of aryl methyl sites for hydroxylation is 1. The fraction of sp³-hybridized carbons (Fsp3) is 0.357. The first-order valence-electron chi connectivity index (χ1n) is 6.39. The first kappa shape index (κ1) is 14.6. The second kappa shape index (κ2) is 6.56. The van der Waals surface area contributed by atoms with E-state index in [9.17, 15) is 4.79 Å². The minimum Gasteiger partial charge on any atom is -0.340 e. The van der Waals surface area contributed by atoms with Crippen LogP contribution in [0.2, 0.25) is 0 Å². The molecule has 1 N–H and O–H groups in total. The number of amides is 1. The van der Waals surface area contributed by atoms with Crippen molar-refractivity contribution in [2.75, 3.05) is 6.26 Å². The van der Waals surface area contributed by atoms with E-state index in [1.165, 1.54) is 0 Å². The number of nitrogens with one attached hydrogen (secondary N) is 1. The summed E-state index contributed by atoms with van der Waals surface area (Å²) in [5, 5.41) is 6.66. The van der Waals surface area contributed by atoms with Crippen LogP contribution in [-0.4, -0.2) is 22.3 Å². The van der Waals surface area contributed by atoms with Gasteiger partial charge >= 0.3 is 0 Å². The Morgan fingerprint density at radius 1 is 1.40 bits per heavy atom. The van der Waals surface area contributed by atoms with Gasteiger partial charge in [-0.05, 0) is 43.9 Å². The van der Waals surface area contributed by atoms with Crippen molar-refractivity contribution in [1.82, 2.24) is 15.5 Å². The zero-order valence-electron chi connectivity index (χ0n) is 11.7. The van der Waals surface area contributed by atoms with Crippen LogP contribution in [0, 0.1) is 6.92 Å². The highest BCUT2D eigenvalue weighted by molar-refractivity contribution is 7.98. The van der Waals surface area contributed by atoms with E-state index in [-0.39, 0.29) is 11.9 Å². The molecular weight excluding hydrogens is 274 g/mol. The van der Waals surface area contributed by atoms with Gasteiger partial charge in [-0.1, -0.05) is 12.1 Å². The molecule has 106 valence electrons. The van der Waals surface area contributed by atoms with Crippen molar-refractivity contribution in [3.05, 3.63) is 41.5 Å². The van der Waals surface area contributed by atoms with E-state index < -0.39 is 0 Å². The highest BCUT2D eigenvalue weighted by Gasteiger charge is 2.19. The lowest BCUT2D eigenvalue weighted by atomic mass is 10.1. The topological polar surface area (TPSA) is 68.0 Å². The largest absolute Gasteiger partial charge is 0.340 e. The van der Waals surface area contributed by atoms with Crippen molar-refractivity contribution >= 4 is 17.7 Å². The molecule has 5 nitrogen and oxygen atoms in total. The van der Waals surface area contributed by atoms with Gasteiger partial charge in [-0.2, -0.15) is 4.98 Å². The van der Waals surface area contributed by atoms with Gasteiger partial charge in [-0.3, -0.25) is 4.79 Å². The summed E-state index contributed by atoms with van der Waals surface area (Å²) in [4.78, 5) is 17.5. The molecule has 1 heterocycles. The number of benzene rings is 1. The molecular formula is C14H17N3O2S. The summed E-state index contributed by atoms with van der Waals surface area (Å²) < 4.78 is 5.11. The van der Waals surface area contributed by atoms with Crippen LogP contribution in [0.4, 0.5) is 0 Å². The molecule has 0 aliphatic heterocycles. The molecule has 0 saturated carbocycles. The first-order valence-corrected chi connectivity index (χ1v) is 7.61. The molecule has 0 aliphatic carbocycles. The molecule has 6 heteroatoms. The molecule has 2 aromatic rings. The van der Waals surface area contributed by atoms with E-state index in [0.717, 1.165) is 4.90 Å². The summed E-state index contributed by atoms with van der Waals surface area (Å²) in [6.45, 7) is 3.71. The normalized spacial score (nSPS) is 12.2. The van der Waals surface area contributed by atoms with Gasteiger partial charge in [0.1, 0.15) is 6.04 Å². The van der Waals surface area contributed by atoms with Crippen molar-refractivity contribution in [1.29, 1.82) is 0 Å². The van der Waals surface area contributed by atoms with Gasteiger partial charge in [0.2, 0.25) is 5.89 Å². The molecule has 1 aromatic heterocycles. The molecule has 0 unspecified atom stereocenters. The van der Waals surface area contributed by atoms with E-state index in [2.05, 4.69) is 15.5 Å². The van der Waals surface area contributed by atoms with Gasteiger partial charge in [0.05, 0.1) is 0 Å². The zero-order chi connectivity index (χ0) is 14.5.